The van der Waals surface area contributed by atoms with E-state index in [-0.39, 0.29) is 5.97 Å². The van der Waals surface area contributed by atoms with Gasteiger partial charge in [0, 0.05) is 0 Å². The fourth-order valence-corrected chi connectivity index (χ4v) is 2.63. The summed E-state index contributed by atoms with van der Waals surface area (Å²) in [5, 5.41) is 1.90. The summed E-state index contributed by atoms with van der Waals surface area (Å²) in [6, 6.07) is 3.69. The summed E-state index contributed by atoms with van der Waals surface area (Å²) in [6.07, 6.45) is 6.37. The lowest BCUT2D eigenvalue weighted by atomic mass is 9.90. The second-order valence-electron chi connectivity index (χ2n) is 4.08. The summed E-state index contributed by atoms with van der Waals surface area (Å²) < 4.78 is 5.30. The van der Waals surface area contributed by atoms with E-state index in [1.165, 1.54) is 43.4 Å². The molecule has 0 unspecified atom stereocenters. The van der Waals surface area contributed by atoms with Gasteiger partial charge in [-0.2, -0.15) is 0 Å². The molecule has 1 heterocycles. The third kappa shape index (κ3) is 3.06. The Hall–Kier alpha value is -0.830. The van der Waals surface area contributed by atoms with Gasteiger partial charge in [-0.15, -0.1) is 11.3 Å². The zero-order valence-electron chi connectivity index (χ0n) is 8.78. The van der Waals surface area contributed by atoms with Crippen LogP contribution < -0.4 is 0 Å². The third-order valence-electron chi connectivity index (χ3n) is 2.90. The van der Waals surface area contributed by atoms with Gasteiger partial charge < -0.3 is 4.74 Å². The van der Waals surface area contributed by atoms with Crippen LogP contribution in [0.3, 0.4) is 0 Å². The highest BCUT2D eigenvalue weighted by molar-refractivity contribution is 7.11. The van der Waals surface area contributed by atoms with Crippen molar-refractivity contribution in [1.29, 1.82) is 0 Å². The van der Waals surface area contributed by atoms with Crippen LogP contribution in [0.15, 0.2) is 17.5 Å². The number of esters is 1. The van der Waals surface area contributed by atoms with Crippen LogP contribution in [-0.4, -0.2) is 12.6 Å². The van der Waals surface area contributed by atoms with Crippen molar-refractivity contribution in [3.05, 3.63) is 22.4 Å². The largest absolute Gasteiger partial charge is 0.461 e. The van der Waals surface area contributed by atoms with Crippen molar-refractivity contribution in [2.24, 2.45) is 5.92 Å². The lowest BCUT2D eigenvalue weighted by Crippen LogP contribution is -2.16. The van der Waals surface area contributed by atoms with Gasteiger partial charge in [0.2, 0.25) is 0 Å². The highest BCUT2D eigenvalue weighted by atomic mass is 32.1. The Morgan fingerprint density at radius 1 is 1.40 bits per heavy atom. The summed E-state index contributed by atoms with van der Waals surface area (Å²) in [6.45, 7) is 0.608. The number of rotatable bonds is 3. The van der Waals surface area contributed by atoms with Crippen LogP contribution in [0.2, 0.25) is 0 Å². The molecule has 0 aliphatic heterocycles. The van der Waals surface area contributed by atoms with Gasteiger partial charge >= 0.3 is 5.97 Å². The van der Waals surface area contributed by atoms with Crippen molar-refractivity contribution in [2.75, 3.05) is 6.61 Å². The number of ether oxygens (including phenoxy) is 1. The summed E-state index contributed by atoms with van der Waals surface area (Å²) >= 11 is 1.44. The van der Waals surface area contributed by atoms with Crippen molar-refractivity contribution in [3.8, 4) is 0 Å². The minimum Gasteiger partial charge on any atom is -0.461 e. The molecule has 1 fully saturated rings. The minimum absolute atomic E-state index is 0.157. The van der Waals surface area contributed by atoms with Gasteiger partial charge in [0.05, 0.1) is 6.61 Å². The molecule has 2 nitrogen and oxygen atoms in total. The SMILES string of the molecule is O=C(OCC1CCCCC1)c1cccs1. The Kier molecular flexibility index (Phi) is 3.78. The van der Waals surface area contributed by atoms with E-state index in [1.807, 2.05) is 17.5 Å². The van der Waals surface area contributed by atoms with Crippen LogP contribution in [0.1, 0.15) is 41.8 Å². The molecule has 1 aromatic rings. The lowest BCUT2D eigenvalue weighted by molar-refractivity contribution is 0.0416. The van der Waals surface area contributed by atoms with Gasteiger partial charge in [0.25, 0.3) is 0 Å². The zero-order valence-corrected chi connectivity index (χ0v) is 9.59. The molecule has 82 valence electrons. The molecule has 1 aliphatic rings. The van der Waals surface area contributed by atoms with Crippen molar-refractivity contribution >= 4 is 17.3 Å². The van der Waals surface area contributed by atoms with Gasteiger partial charge in [-0.05, 0) is 30.2 Å². The molecular formula is C12H16O2S. The standard InChI is InChI=1S/C12H16O2S/c13-12(11-7-4-8-15-11)14-9-10-5-2-1-3-6-10/h4,7-8,10H,1-3,5-6,9H2. The molecule has 0 amide bonds. The van der Waals surface area contributed by atoms with E-state index >= 15 is 0 Å². The number of carbonyl (C=O) groups excluding carboxylic acids is 1. The number of hydrogen-bond acceptors (Lipinski definition) is 3. The lowest BCUT2D eigenvalue weighted by Gasteiger charge is -2.20. The Balaban J connectivity index is 1.75. The molecule has 1 aliphatic carbocycles. The van der Waals surface area contributed by atoms with Gasteiger partial charge in [-0.3, -0.25) is 0 Å². The van der Waals surface area contributed by atoms with E-state index < -0.39 is 0 Å². The summed E-state index contributed by atoms with van der Waals surface area (Å²) in [4.78, 5) is 12.3. The molecular weight excluding hydrogens is 208 g/mol. The first-order valence-corrected chi connectivity index (χ1v) is 6.45. The second kappa shape index (κ2) is 5.31. The highest BCUT2D eigenvalue weighted by Gasteiger charge is 2.16. The number of carbonyl (C=O) groups is 1. The summed E-state index contributed by atoms with van der Waals surface area (Å²) in [5.74, 6) is 0.443. The molecule has 0 aromatic carbocycles. The van der Waals surface area contributed by atoms with Crippen molar-refractivity contribution in [2.45, 2.75) is 32.1 Å². The zero-order chi connectivity index (χ0) is 10.5. The van der Waals surface area contributed by atoms with Crippen LogP contribution in [0.5, 0.6) is 0 Å². The molecule has 0 N–H and O–H groups in total. The van der Waals surface area contributed by atoms with E-state index in [4.69, 9.17) is 4.74 Å². The first-order valence-electron chi connectivity index (χ1n) is 5.57. The van der Waals surface area contributed by atoms with Crippen LogP contribution in [0, 0.1) is 5.92 Å². The monoisotopic (exact) mass is 224 g/mol. The molecule has 0 spiro atoms. The molecule has 15 heavy (non-hydrogen) atoms. The minimum atomic E-state index is -0.157. The summed E-state index contributed by atoms with van der Waals surface area (Å²) in [5.41, 5.74) is 0. The highest BCUT2D eigenvalue weighted by Crippen LogP contribution is 2.24. The maximum absolute atomic E-state index is 11.5. The fraction of sp³-hybridized carbons (Fsp3) is 0.583. The fourth-order valence-electron chi connectivity index (χ4n) is 2.01. The number of hydrogen-bond donors (Lipinski definition) is 0. The second-order valence-corrected chi connectivity index (χ2v) is 5.03. The molecule has 0 atom stereocenters. The Morgan fingerprint density at radius 2 is 2.20 bits per heavy atom. The average molecular weight is 224 g/mol. The van der Waals surface area contributed by atoms with Crippen LogP contribution in [0.25, 0.3) is 0 Å². The maximum Gasteiger partial charge on any atom is 0.348 e. The first kappa shape index (κ1) is 10.7. The maximum atomic E-state index is 11.5. The van der Waals surface area contributed by atoms with Gasteiger partial charge in [-0.25, -0.2) is 4.79 Å². The average Bonchev–Trinajstić information content (AvgIpc) is 2.81. The first-order chi connectivity index (χ1) is 7.36. The van der Waals surface area contributed by atoms with Gasteiger partial charge in [0.15, 0.2) is 0 Å². The van der Waals surface area contributed by atoms with E-state index in [2.05, 4.69) is 0 Å². The normalized spacial score (nSPS) is 17.6. The molecule has 0 saturated heterocycles. The van der Waals surface area contributed by atoms with Gasteiger partial charge in [-0.1, -0.05) is 25.3 Å². The summed E-state index contributed by atoms with van der Waals surface area (Å²) in [7, 11) is 0. The Bertz CT molecular complexity index is 299. The van der Waals surface area contributed by atoms with Crippen LogP contribution >= 0.6 is 11.3 Å². The predicted octanol–water partition coefficient (Wildman–Crippen LogP) is 3.49. The van der Waals surface area contributed by atoms with Gasteiger partial charge in [0.1, 0.15) is 4.88 Å². The smallest absolute Gasteiger partial charge is 0.348 e. The quantitative estimate of drug-likeness (QED) is 0.735. The van der Waals surface area contributed by atoms with Crippen molar-refractivity contribution in [3.63, 3.8) is 0 Å². The van der Waals surface area contributed by atoms with E-state index in [1.54, 1.807) is 0 Å². The molecule has 1 aromatic heterocycles. The molecule has 2 rings (SSSR count). The van der Waals surface area contributed by atoms with Crippen molar-refractivity contribution < 1.29 is 9.53 Å². The molecule has 0 radical (unpaired) electrons. The predicted molar refractivity (Wildman–Crippen MR) is 61.2 cm³/mol. The van der Waals surface area contributed by atoms with Crippen LogP contribution in [-0.2, 0) is 4.74 Å². The molecule has 0 bridgehead atoms. The molecule has 3 heteroatoms. The Labute approximate surface area is 94.3 Å². The van der Waals surface area contributed by atoms with Crippen molar-refractivity contribution in [1.82, 2.24) is 0 Å². The van der Waals surface area contributed by atoms with E-state index in [9.17, 15) is 4.79 Å². The Morgan fingerprint density at radius 3 is 2.87 bits per heavy atom. The van der Waals surface area contributed by atoms with E-state index in [0.29, 0.717) is 17.4 Å². The molecule has 1 saturated carbocycles. The number of thiophene rings is 1. The van der Waals surface area contributed by atoms with Crippen LogP contribution in [0.4, 0.5) is 0 Å². The topological polar surface area (TPSA) is 26.3 Å². The van der Waals surface area contributed by atoms with E-state index in [0.717, 1.165) is 0 Å². The third-order valence-corrected chi connectivity index (χ3v) is 3.75.